The van der Waals surface area contributed by atoms with Crippen LogP contribution in [0.5, 0.6) is 0 Å². The highest BCUT2D eigenvalue weighted by Gasteiger charge is 2.28. The van der Waals surface area contributed by atoms with Gasteiger partial charge in [0.25, 0.3) is 5.91 Å². The molecule has 32 heavy (non-hydrogen) atoms. The highest BCUT2D eigenvalue weighted by atomic mass is 32.2. The minimum atomic E-state index is -3.23. The molecule has 1 aliphatic heterocycles. The first kappa shape index (κ1) is 22.1. The molecule has 0 spiro atoms. The Hall–Kier alpha value is -3.12. The Kier molecular flexibility index (Phi) is 6.90. The number of amides is 1. The summed E-state index contributed by atoms with van der Waals surface area (Å²) in [4.78, 5) is 13.0. The van der Waals surface area contributed by atoms with Crippen molar-refractivity contribution in [3.05, 3.63) is 102 Å². The van der Waals surface area contributed by atoms with E-state index in [1.54, 1.807) is 24.3 Å². The molecule has 0 radical (unpaired) electrons. The molecule has 4 rings (SSSR count). The Labute approximate surface area is 190 Å². The van der Waals surface area contributed by atoms with Crippen LogP contribution in [0.3, 0.4) is 0 Å². The maximum Gasteiger partial charge on any atom is 0.251 e. The molecule has 1 heterocycles. The molecule has 0 aromatic heterocycles. The van der Waals surface area contributed by atoms with Crippen molar-refractivity contribution in [1.29, 1.82) is 0 Å². The first-order valence-corrected chi connectivity index (χ1v) is 12.6. The zero-order valence-corrected chi connectivity index (χ0v) is 18.8. The topological polar surface area (TPSA) is 66.5 Å². The molecule has 0 unspecified atom stereocenters. The Balaban J connectivity index is 1.43. The molecule has 1 fully saturated rings. The monoisotopic (exact) mass is 448 g/mol. The van der Waals surface area contributed by atoms with Gasteiger partial charge in [-0.25, -0.2) is 8.42 Å². The van der Waals surface area contributed by atoms with Crippen molar-refractivity contribution >= 4 is 21.6 Å². The predicted octanol–water partition coefficient (Wildman–Crippen LogP) is 4.72. The first-order chi connectivity index (χ1) is 15.5. The van der Waals surface area contributed by atoms with Crippen molar-refractivity contribution in [3.8, 4) is 0 Å². The molecule has 3 aromatic carbocycles. The van der Waals surface area contributed by atoms with Gasteiger partial charge >= 0.3 is 0 Å². The lowest BCUT2D eigenvalue weighted by atomic mass is 9.98. The summed E-state index contributed by atoms with van der Waals surface area (Å²) in [6.07, 6.45) is 3.37. The van der Waals surface area contributed by atoms with Gasteiger partial charge in [0.1, 0.15) is 0 Å². The van der Waals surface area contributed by atoms with Crippen LogP contribution in [0.25, 0.3) is 0 Å². The molecule has 6 heteroatoms. The summed E-state index contributed by atoms with van der Waals surface area (Å²) in [5.74, 6) is 0.0196. The van der Waals surface area contributed by atoms with Crippen LogP contribution in [-0.4, -0.2) is 26.6 Å². The molecule has 0 saturated carbocycles. The Morgan fingerprint density at radius 2 is 1.56 bits per heavy atom. The van der Waals surface area contributed by atoms with E-state index in [-0.39, 0.29) is 17.7 Å². The average Bonchev–Trinajstić information content (AvgIpc) is 3.18. The van der Waals surface area contributed by atoms with Gasteiger partial charge in [0.05, 0.1) is 17.5 Å². The lowest BCUT2D eigenvalue weighted by Gasteiger charge is -2.20. The van der Waals surface area contributed by atoms with Gasteiger partial charge in [-0.3, -0.25) is 9.10 Å². The molecule has 1 aliphatic rings. The Morgan fingerprint density at radius 1 is 0.906 bits per heavy atom. The van der Waals surface area contributed by atoms with Gasteiger partial charge in [-0.15, -0.1) is 0 Å². The van der Waals surface area contributed by atoms with E-state index in [4.69, 9.17) is 0 Å². The van der Waals surface area contributed by atoms with E-state index in [1.165, 1.54) is 9.87 Å². The maximum absolute atomic E-state index is 13.0. The molecule has 3 aromatic rings. The van der Waals surface area contributed by atoms with Crippen molar-refractivity contribution in [2.75, 3.05) is 16.6 Å². The van der Waals surface area contributed by atoms with Crippen molar-refractivity contribution < 1.29 is 13.2 Å². The molecule has 1 amide bonds. The van der Waals surface area contributed by atoms with E-state index in [1.807, 2.05) is 48.5 Å². The Bertz CT molecular complexity index is 1130. The maximum atomic E-state index is 13.0. The summed E-state index contributed by atoms with van der Waals surface area (Å²) < 4.78 is 25.7. The smallest absolute Gasteiger partial charge is 0.251 e. The number of hydrogen-bond acceptors (Lipinski definition) is 3. The van der Waals surface area contributed by atoms with Crippen LogP contribution in [0.2, 0.25) is 0 Å². The number of aryl methyl sites for hydroxylation is 1. The second-order valence-corrected chi connectivity index (χ2v) is 10.1. The molecule has 0 aliphatic carbocycles. The van der Waals surface area contributed by atoms with Gasteiger partial charge in [-0.05, 0) is 61.1 Å². The van der Waals surface area contributed by atoms with E-state index >= 15 is 0 Å². The van der Waals surface area contributed by atoms with Crippen LogP contribution in [0.4, 0.5) is 5.69 Å². The minimum absolute atomic E-state index is 0.0916. The number of rotatable bonds is 8. The summed E-state index contributed by atoms with van der Waals surface area (Å²) in [6, 6.07) is 27.1. The number of benzene rings is 3. The van der Waals surface area contributed by atoms with Crippen LogP contribution in [-0.2, 0) is 16.4 Å². The SMILES string of the molecule is O=C(N[C@H](CCCc1ccccc1)c1ccccc1)c1ccc(N2CCCS2(=O)=O)cc1. The van der Waals surface area contributed by atoms with Gasteiger partial charge in [-0.2, -0.15) is 0 Å². The van der Waals surface area contributed by atoms with E-state index < -0.39 is 10.0 Å². The molecular formula is C26H28N2O3S. The quantitative estimate of drug-likeness (QED) is 0.542. The summed E-state index contributed by atoms with van der Waals surface area (Å²) in [7, 11) is -3.23. The van der Waals surface area contributed by atoms with Crippen LogP contribution in [0.1, 0.15) is 46.8 Å². The van der Waals surface area contributed by atoms with Crippen molar-refractivity contribution in [2.24, 2.45) is 0 Å². The minimum Gasteiger partial charge on any atom is -0.345 e. The largest absolute Gasteiger partial charge is 0.345 e. The van der Waals surface area contributed by atoms with Gasteiger partial charge in [0.2, 0.25) is 10.0 Å². The fraction of sp³-hybridized carbons (Fsp3) is 0.269. The zero-order chi connectivity index (χ0) is 22.4. The number of sulfonamides is 1. The molecule has 1 saturated heterocycles. The van der Waals surface area contributed by atoms with E-state index in [0.717, 1.165) is 24.8 Å². The van der Waals surface area contributed by atoms with Gasteiger partial charge in [0, 0.05) is 12.1 Å². The highest BCUT2D eigenvalue weighted by molar-refractivity contribution is 7.93. The fourth-order valence-corrected chi connectivity index (χ4v) is 5.68. The summed E-state index contributed by atoms with van der Waals surface area (Å²) in [5, 5.41) is 3.17. The molecule has 5 nitrogen and oxygen atoms in total. The van der Waals surface area contributed by atoms with E-state index in [2.05, 4.69) is 17.4 Å². The van der Waals surface area contributed by atoms with E-state index in [9.17, 15) is 13.2 Å². The predicted molar refractivity (Wildman–Crippen MR) is 128 cm³/mol. The molecular weight excluding hydrogens is 420 g/mol. The summed E-state index contributed by atoms with van der Waals surface area (Å²) in [6.45, 7) is 0.491. The summed E-state index contributed by atoms with van der Waals surface area (Å²) in [5.41, 5.74) is 3.50. The zero-order valence-electron chi connectivity index (χ0n) is 18.0. The third-order valence-corrected chi connectivity index (χ3v) is 7.69. The highest BCUT2D eigenvalue weighted by Crippen LogP contribution is 2.25. The average molecular weight is 449 g/mol. The van der Waals surface area contributed by atoms with Crippen molar-refractivity contribution in [3.63, 3.8) is 0 Å². The van der Waals surface area contributed by atoms with Crippen LogP contribution in [0.15, 0.2) is 84.9 Å². The van der Waals surface area contributed by atoms with Crippen molar-refractivity contribution in [2.45, 2.75) is 31.7 Å². The second-order valence-electron chi connectivity index (χ2n) is 8.10. The molecule has 0 bridgehead atoms. The molecule has 1 atom stereocenters. The standard InChI is InChI=1S/C26H28N2O3S/c29-26(23-15-17-24(18-16-23)28-19-8-20-32(28,30)31)27-25(22-12-5-2-6-13-22)14-7-11-21-9-3-1-4-10-21/h1-6,9-10,12-13,15-18,25H,7-8,11,14,19-20H2,(H,27,29)/t25-/m1/s1. The lowest BCUT2D eigenvalue weighted by molar-refractivity contribution is 0.0934. The van der Waals surface area contributed by atoms with Gasteiger partial charge < -0.3 is 5.32 Å². The lowest BCUT2D eigenvalue weighted by Crippen LogP contribution is -2.29. The number of anilines is 1. The number of carbonyl (C=O) groups is 1. The first-order valence-electron chi connectivity index (χ1n) is 11.0. The van der Waals surface area contributed by atoms with Crippen LogP contribution >= 0.6 is 0 Å². The molecule has 166 valence electrons. The van der Waals surface area contributed by atoms with Gasteiger partial charge in [-0.1, -0.05) is 60.7 Å². The van der Waals surface area contributed by atoms with Gasteiger partial charge in [0.15, 0.2) is 0 Å². The fourth-order valence-electron chi connectivity index (χ4n) is 4.11. The summed E-state index contributed by atoms with van der Waals surface area (Å²) >= 11 is 0. The molecule has 1 N–H and O–H groups in total. The third-order valence-electron chi connectivity index (χ3n) is 5.83. The van der Waals surface area contributed by atoms with Crippen molar-refractivity contribution in [1.82, 2.24) is 5.32 Å². The second kappa shape index (κ2) is 10.0. The van der Waals surface area contributed by atoms with Crippen LogP contribution < -0.4 is 9.62 Å². The Morgan fingerprint density at radius 3 is 2.19 bits per heavy atom. The number of carbonyl (C=O) groups excluding carboxylic acids is 1. The number of nitrogens with zero attached hydrogens (tertiary/aromatic N) is 1. The third kappa shape index (κ3) is 5.37. The van der Waals surface area contributed by atoms with E-state index in [0.29, 0.717) is 24.2 Å². The normalized spacial score (nSPS) is 15.9. The van der Waals surface area contributed by atoms with Crippen LogP contribution in [0, 0.1) is 0 Å². The number of hydrogen-bond donors (Lipinski definition) is 1. The number of nitrogens with one attached hydrogen (secondary N) is 1.